The van der Waals surface area contributed by atoms with Crippen molar-refractivity contribution in [1.82, 2.24) is 15.1 Å². The maximum atomic E-state index is 5.30. The minimum Gasteiger partial charge on any atom is -0.388 e. The molecule has 0 aliphatic heterocycles. The maximum absolute atomic E-state index is 5.30. The van der Waals surface area contributed by atoms with Crippen LogP contribution < -0.4 is 5.32 Å². The number of aryl methyl sites for hydroxylation is 1. The highest BCUT2D eigenvalue weighted by Crippen LogP contribution is 2.20. The molecule has 3 aromatic rings. The zero-order valence-corrected chi connectivity index (χ0v) is 12.1. The molecule has 5 nitrogen and oxygen atoms in total. The number of benzene rings is 1. The fourth-order valence-electron chi connectivity index (χ4n) is 1.84. The molecule has 0 aliphatic rings. The van der Waals surface area contributed by atoms with E-state index in [0.717, 1.165) is 22.0 Å². The van der Waals surface area contributed by atoms with Crippen LogP contribution in [0.3, 0.4) is 0 Å². The molecule has 0 fully saturated rings. The van der Waals surface area contributed by atoms with Gasteiger partial charge in [0.25, 0.3) is 5.89 Å². The van der Waals surface area contributed by atoms with Gasteiger partial charge in [-0.1, -0.05) is 5.16 Å². The van der Waals surface area contributed by atoms with Crippen molar-refractivity contribution < 1.29 is 4.52 Å². The molecule has 0 unspecified atom stereocenters. The summed E-state index contributed by atoms with van der Waals surface area (Å²) in [5.74, 6) is 1.20. The van der Waals surface area contributed by atoms with Crippen molar-refractivity contribution in [3.05, 3.63) is 46.2 Å². The second-order valence-corrected chi connectivity index (χ2v) is 5.35. The van der Waals surface area contributed by atoms with Crippen LogP contribution in [0.2, 0.25) is 0 Å². The van der Waals surface area contributed by atoms with Crippen molar-refractivity contribution in [2.24, 2.45) is 0 Å². The molecule has 0 radical (unpaired) electrons. The van der Waals surface area contributed by atoms with Gasteiger partial charge in [-0.05, 0) is 31.2 Å². The molecular weight excluding hydrogens is 272 g/mol. The molecule has 102 valence electrons. The van der Waals surface area contributed by atoms with Crippen LogP contribution in [0.1, 0.15) is 16.5 Å². The Morgan fingerprint density at radius 1 is 1.20 bits per heavy atom. The monoisotopic (exact) mass is 286 g/mol. The number of thiazole rings is 1. The van der Waals surface area contributed by atoms with E-state index < -0.39 is 0 Å². The van der Waals surface area contributed by atoms with Crippen molar-refractivity contribution in [3.8, 4) is 11.5 Å². The van der Waals surface area contributed by atoms with Gasteiger partial charge in [0.2, 0.25) is 0 Å². The van der Waals surface area contributed by atoms with Gasteiger partial charge in [-0.3, -0.25) is 0 Å². The third-order valence-corrected chi connectivity index (χ3v) is 3.83. The first kappa shape index (κ1) is 12.8. The van der Waals surface area contributed by atoms with Crippen molar-refractivity contribution in [2.45, 2.75) is 13.3 Å². The lowest BCUT2D eigenvalue weighted by Crippen LogP contribution is -1.90. The number of hydrogen-bond donors (Lipinski definition) is 1. The minimum atomic E-state index is 0.538. The van der Waals surface area contributed by atoms with E-state index in [-0.39, 0.29) is 0 Å². The zero-order valence-electron chi connectivity index (χ0n) is 11.3. The van der Waals surface area contributed by atoms with Gasteiger partial charge >= 0.3 is 0 Å². The lowest BCUT2D eigenvalue weighted by atomic mass is 10.2. The van der Waals surface area contributed by atoms with E-state index in [1.165, 1.54) is 0 Å². The highest BCUT2D eigenvalue weighted by Gasteiger charge is 2.10. The van der Waals surface area contributed by atoms with Gasteiger partial charge < -0.3 is 9.84 Å². The third-order valence-electron chi connectivity index (χ3n) is 2.86. The number of aromatic nitrogens is 3. The van der Waals surface area contributed by atoms with Gasteiger partial charge in [-0.25, -0.2) is 4.98 Å². The van der Waals surface area contributed by atoms with Crippen molar-refractivity contribution in [2.75, 3.05) is 12.4 Å². The second kappa shape index (κ2) is 5.42. The quantitative estimate of drug-likeness (QED) is 0.798. The first-order valence-corrected chi connectivity index (χ1v) is 7.14. The smallest absolute Gasteiger partial charge is 0.257 e. The second-order valence-electron chi connectivity index (χ2n) is 4.40. The molecule has 1 aromatic carbocycles. The average molecular weight is 286 g/mol. The van der Waals surface area contributed by atoms with E-state index in [2.05, 4.69) is 20.4 Å². The summed E-state index contributed by atoms with van der Waals surface area (Å²) < 4.78 is 5.30. The molecule has 0 aliphatic carbocycles. The summed E-state index contributed by atoms with van der Waals surface area (Å²) in [7, 11) is 1.88. The number of nitrogens with zero attached hydrogens (tertiary/aromatic N) is 3. The summed E-state index contributed by atoms with van der Waals surface area (Å²) in [4.78, 5) is 8.81. The van der Waals surface area contributed by atoms with Gasteiger partial charge in [0.15, 0.2) is 5.82 Å². The van der Waals surface area contributed by atoms with Crippen LogP contribution >= 0.6 is 11.3 Å². The minimum absolute atomic E-state index is 0.538. The Morgan fingerprint density at radius 2 is 2.00 bits per heavy atom. The summed E-state index contributed by atoms with van der Waals surface area (Å²) in [5, 5.41) is 10.1. The molecule has 0 atom stereocenters. The molecule has 0 spiro atoms. The summed E-state index contributed by atoms with van der Waals surface area (Å²) in [6.45, 7) is 1.98. The first-order valence-electron chi connectivity index (χ1n) is 6.26. The Balaban J connectivity index is 1.78. The highest BCUT2D eigenvalue weighted by atomic mass is 32.1. The molecule has 1 N–H and O–H groups in total. The lowest BCUT2D eigenvalue weighted by molar-refractivity contribution is 0.424. The van der Waals surface area contributed by atoms with Gasteiger partial charge in [-0.2, -0.15) is 4.98 Å². The van der Waals surface area contributed by atoms with Gasteiger partial charge in [-0.15, -0.1) is 11.3 Å². The molecule has 2 aromatic heterocycles. The Kier molecular flexibility index (Phi) is 3.47. The van der Waals surface area contributed by atoms with Crippen LogP contribution in [0, 0.1) is 6.92 Å². The van der Waals surface area contributed by atoms with Gasteiger partial charge in [0.05, 0.1) is 6.42 Å². The van der Waals surface area contributed by atoms with Crippen LogP contribution in [0.25, 0.3) is 11.5 Å². The normalized spacial score (nSPS) is 10.7. The largest absolute Gasteiger partial charge is 0.388 e. The molecule has 0 bridgehead atoms. The van der Waals surface area contributed by atoms with E-state index in [0.29, 0.717) is 18.1 Å². The summed E-state index contributed by atoms with van der Waals surface area (Å²) >= 11 is 1.61. The number of hydrogen-bond acceptors (Lipinski definition) is 6. The van der Waals surface area contributed by atoms with Crippen molar-refractivity contribution >= 4 is 17.0 Å². The number of anilines is 1. The first-order chi connectivity index (χ1) is 9.74. The highest BCUT2D eigenvalue weighted by molar-refractivity contribution is 7.09. The SMILES string of the molecule is CNc1ccc(-c2nc(Cc3nc(C)cs3)no2)cc1. The maximum Gasteiger partial charge on any atom is 0.257 e. The van der Waals surface area contributed by atoms with Gasteiger partial charge in [0, 0.05) is 29.4 Å². The Morgan fingerprint density at radius 3 is 2.65 bits per heavy atom. The fourth-order valence-corrected chi connectivity index (χ4v) is 2.61. The molecule has 2 heterocycles. The fraction of sp³-hybridized carbons (Fsp3) is 0.214. The van der Waals surface area contributed by atoms with Crippen LogP contribution in [-0.2, 0) is 6.42 Å². The van der Waals surface area contributed by atoms with E-state index in [1.54, 1.807) is 11.3 Å². The van der Waals surface area contributed by atoms with Crippen molar-refractivity contribution in [1.29, 1.82) is 0 Å². The van der Waals surface area contributed by atoms with E-state index in [9.17, 15) is 0 Å². The standard InChI is InChI=1S/C14H14N4OS/c1-9-8-20-13(16-9)7-12-17-14(19-18-12)10-3-5-11(15-2)6-4-10/h3-6,8,15H,7H2,1-2H3. The zero-order chi connectivity index (χ0) is 13.9. The van der Waals surface area contributed by atoms with Crippen LogP contribution in [0.15, 0.2) is 34.2 Å². The number of nitrogens with one attached hydrogen (secondary N) is 1. The van der Waals surface area contributed by atoms with Crippen molar-refractivity contribution in [3.63, 3.8) is 0 Å². The molecular formula is C14H14N4OS. The van der Waals surface area contributed by atoms with Crippen LogP contribution in [0.4, 0.5) is 5.69 Å². The summed E-state index contributed by atoms with van der Waals surface area (Å²) in [6.07, 6.45) is 0.608. The van der Waals surface area contributed by atoms with Gasteiger partial charge in [0.1, 0.15) is 5.01 Å². The third kappa shape index (κ3) is 2.70. The molecule has 6 heteroatoms. The Hall–Kier alpha value is -2.21. The molecule has 0 saturated carbocycles. The number of rotatable bonds is 4. The predicted octanol–water partition coefficient (Wildman–Crippen LogP) is 3.13. The van der Waals surface area contributed by atoms with Crippen LogP contribution in [-0.4, -0.2) is 22.2 Å². The van der Waals surface area contributed by atoms with E-state index >= 15 is 0 Å². The Bertz CT molecular complexity index is 702. The van der Waals surface area contributed by atoms with E-state index in [4.69, 9.17) is 4.52 Å². The topological polar surface area (TPSA) is 63.8 Å². The molecule has 3 rings (SSSR count). The Labute approximate surface area is 120 Å². The lowest BCUT2D eigenvalue weighted by Gasteiger charge is -1.99. The van der Waals surface area contributed by atoms with Crippen LogP contribution in [0.5, 0.6) is 0 Å². The molecule has 0 saturated heterocycles. The van der Waals surface area contributed by atoms with E-state index in [1.807, 2.05) is 43.6 Å². The molecule has 20 heavy (non-hydrogen) atoms. The molecule has 0 amide bonds. The summed E-state index contributed by atoms with van der Waals surface area (Å²) in [6, 6.07) is 7.86. The summed E-state index contributed by atoms with van der Waals surface area (Å²) in [5.41, 5.74) is 2.99. The average Bonchev–Trinajstić information content (AvgIpc) is 3.09. The predicted molar refractivity (Wildman–Crippen MR) is 78.9 cm³/mol.